The monoisotopic (exact) mass is 417 g/mol. The summed E-state index contributed by atoms with van der Waals surface area (Å²) in [4.78, 5) is 30.3. The summed E-state index contributed by atoms with van der Waals surface area (Å²) >= 11 is 0. The van der Waals surface area contributed by atoms with E-state index in [4.69, 9.17) is 9.47 Å². The van der Waals surface area contributed by atoms with Crippen LogP contribution in [0.5, 0.6) is 5.75 Å². The molecule has 3 rings (SSSR count). The van der Waals surface area contributed by atoms with Gasteiger partial charge in [-0.3, -0.25) is 9.69 Å². The van der Waals surface area contributed by atoms with E-state index in [2.05, 4.69) is 4.90 Å². The first-order valence-electron chi connectivity index (χ1n) is 11.2. The fourth-order valence-corrected chi connectivity index (χ4v) is 3.81. The van der Waals surface area contributed by atoms with Crippen molar-refractivity contribution in [1.82, 2.24) is 9.80 Å². The largest absolute Gasteiger partial charge is 0.494 e. The van der Waals surface area contributed by atoms with Crippen molar-refractivity contribution in [1.29, 1.82) is 0 Å². The van der Waals surface area contributed by atoms with Crippen molar-refractivity contribution in [3.8, 4) is 5.75 Å². The summed E-state index contributed by atoms with van der Waals surface area (Å²) < 4.78 is 11.1. The molecule has 2 aliphatic rings. The molecule has 7 heteroatoms. The topological polar surface area (TPSA) is 62.3 Å². The molecule has 0 bridgehead atoms. The third-order valence-electron chi connectivity index (χ3n) is 5.50. The summed E-state index contributed by atoms with van der Waals surface area (Å²) in [6, 6.07) is 7.63. The van der Waals surface area contributed by atoms with Crippen LogP contribution in [0.4, 0.5) is 10.5 Å². The van der Waals surface area contributed by atoms with E-state index in [1.807, 2.05) is 38.1 Å². The standard InChI is InChI=1S/C23H35N3O4/c1-19(2)18-30-23(28)25-14-15-26(22(27)17-25)20-7-9-21(10-8-20)29-16-6-13-24-11-4-3-5-12-24/h7-10,19H,3-6,11-18H2,1-2H3. The molecule has 1 aromatic rings. The van der Waals surface area contributed by atoms with E-state index in [0.717, 1.165) is 24.4 Å². The molecule has 2 saturated heterocycles. The Hall–Kier alpha value is -2.28. The zero-order valence-electron chi connectivity index (χ0n) is 18.3. The number of anilines is 1. The number of piperazine rings is 1. The molecule has 0 N–H and O–H groups in total. The summed E-state index contributed by atoms with van der Waals surface area (Å²) in [6.45, 7) is 9.54. The van der Waals surface area contributed by atoms with Gasteiger partial charge in [-0.1, -0.05) is 20.3 Å². The second kappa shape index (κ2) is 11.2. The Morgan fingerprint density at radius 3 is 2.43 bits per heavy atom. The Morgan fingerprint density at radius 2 is 1.77 bits per heavy atom. The minimum absolute atomic E-state index is 0.0473. The van der Waals surface area contributed by atoms with Crippen LogP contribution in [0.3, 0.4) is 0 Å². The van der Waals surface area contributed by atoms with Crippen LogP contribution in [0.1, 0.15) is 39.5 Å². The smallest absolute Gasteiger partial charge is 0.410 e. The molecule has 2 fully saturated rings. The van der Waals surface area contributed by atoms with Crippen LogP contribution in [0.15, 0.2) is 24.3 Å². The highest BCUT2D eigenvalue weighted by atomic mass is 16.6. The molecule has 0 saturated carbocycles. The van der Waals surface area contributed by atoms with Crippen LogP contribution in [0.25, 0.3) is 0 Å². The summed E-state index contributed by atoms with van der Waals surface area (Å²) in [6.07, 6.45) is 4.60. The van der Waals surface area contributed by atoms with Crippen molar-refractivity contribution in [3.63, 3.8) is 0 Å². The molecule has 0 aromatic heterocycles. The molecule has 0 aliphatic carbocycles. The van der Waals surface area contributed by atoms with Crippen molar-refractivity contribution >= 4 is 17.7 Å². The number of nitrogens with zero attached hydrogens (tertiary/aromatic N) is 3. The van der Waals surface area contributed by atoms with E-state index >= 15 is 0 Å². The number of carbonyl (C=O) groups excluding carboxylic acids is 2. The predicted molar refractivity (Wildman–Crippen MR) is 117 cm³/mol. The van der Waals surface area contributed by atoms with Crippen LogP contribution >= 0.6 is 0 Å². The van der Waals surface area contributed by atoms with Gasteiger partial charge in [-0.2, -0.15) is 0 Å². The Bertz CT molecular complexity index is 686. The van der Waals surface area contributed by atoms with Gasteiger partial charge in [-0.05, 0) is 62.5 Å². The van der Waals surface area contributed by atoms with Crippen LogP contribution in [0, 0.1) is 5.92 Å². The van der Waals surface area contributed by atoms with Gasteiger partial charge >= 0.3 is 6.09 Å². The fourth-order valence-electron chi connectivity index (χ4n) is 3.81. The molecular formula is C23H35N3O4. The highest BCUT2D eigenvalue weighted by Gasteiger charge is 2.29. The molecule has 2 aliphatic heterocycles. The molecule has 0 atom stereocenters. The van der Waals surface area contributed by atoms with Gasteiger partial charge in [0.05, 0.1) is 13.2 Å². The Balaban J connectivity index is 1.41. The lowest BCUT2D eigenvalue weighted by atomic mass is 10.1. The number of likely N-dealkylation sites (tertiary alicyclic amines) is 1. The van der Waals surface area contributed by atoms with E-state index < -0.39 is 6.09 Å². The zero-order valence-corrected chi connectivity index (χ0v) is 18.3. The average molecular weight is 418 g/mol. The first-order valence-corrected chi connectivity index (χ1v) is 11.2. The molecule has 0 spiro atoms. The SMILES string of the molecule is CC(C)COC(=O)N1CCN(c2ccc(OCCCN3CCCCC3)cc2)C(=O)C1. The highest BCUT2D eigenvalue weighted by Crippen LogP contribution is 2.22. The molecule has 0 radical (unpaired) electrons. The maximum atomic E-state index is 12.5. The van der Waals surface area contributed by atoms with Crippen molar-refractivity contribution < 1.29 is 19.1 Å². The minimum atomic E-state index is -0.412. The maximum Gasteiger partial charge on any atom is 0.410 e. The van der Waals surface area contributed by atoms with Gasteiger partial charge in [0.25, 0.3) is 0 Å². The van der Waals surface area contributed by atoms with Gasteiger partial charge in [0.2, 0.25) is 5.91 Å². The molecule has 7 nitrogen and oxygen atoms in total. The highest BCUT2D eigenvalue weighted by molar-refractivity contribution is 5.97. The normalized spacial score (nSPS) is 18.0. The maximum absolute atomic E-state index is 12.5. The molecule has 0 unspecified atom stereocenters. The third kappa shape index (κ3) is 6.62. The Morgan fingerprint density at radius 1 is 1.03 bits per heavy atom. The fraction of sp³-hybridized carbons (Fsp3) is 0.652. The molecule has 1 aromatic carbocycles. The number of piperidine rings is 1. The second-order valence-electron chi connectivity index (χ2n) is 8.54. The molecular weight excluding hydrogens is 382 g/mol. The lowest BCUT2D eigenvalue weighted by Crippen LogP contribution is -2.52. The second-order valence-corrected chi connectivity index (χ2v) is 8.54. The van der Waals surface area contributed by atoms with Gasteiger partial charge in [0.1, 0.15) is 12.3 Å². The van der Waals surface area contributed by atoms with E-state index in [-0.39, 0.29) is 18.4 Å². The van der Waals surface area contributed by atoms with Crippen molar-refractivity contribution in [2.24, 2.45) is 5.92 Å². The number of hydrogen-bond donors (Lipinski definition) is 0. The Kier molecular flexibility index (Phi) is 8.37. The van der Waals surface area contributed by atoms with Crippen LogP contribution in [0.2, 0.25) is 0 Å². The summed E-state index contributed by atoms with van der Waals surface area (Å²) in [5.41, 5.74) is 0.830. The number of amides is 2. The van der Waals surface area contributed by atoms with Gasteiger partial charge in [-0.15, -0.1) is 0 Å². The summed E-state index contributed by atoms with van der Waals surface area (Å²) in [7, 11) is 0. The number of ether oxygens (including phenoxy) is 2. The Labute approximate surface area is 179 Å². The van der Waals surface area contributed by atoms with Crippen LogP contribution in [-0.2, 0) is 9.53 Å². The molecule has 166 valence electrons. The van der Waals surface area contributed by atoms with Crippen molar-refractivity contribution in [2.45, 2.75) is 39.5 Å². The van der Waals surface area contributed by atoms with E-state index in [0.29, 0.717) is 26.3 Å². The molecule has 2 heterocycles. The summed E-state index contributed by atoms with van der Waals surface area (Å²) in [5, 5.41) is 0. The van der Waals surface area contributed by atoms with Crippen molar-refractivity contribution in [2.75, 3.05) is 57.4 Å². The van der Waals surface area contributed by atoms with Crippen LogP contribution in [-0.4, -0.2) is 74.3 Å². The predicted octanol–water partition coefficient (Wildman–Crippen LogP) is 3.38. The number of rotatable bonds is 8. The van der Waals surface area contributed by atoms with E-state index in [9.17, 15) is 9.59 Å². The van der Waals surface area contributed by atoms with Crippen molar-refractivity contribution in [3.05, 3.63) is 24.3 Å². The first kappa shape index (κ1) is 22.4. The van der Waals surface area contributed by atoms with Gasteiger partial charge in [0, 0.05) is 25.3 Å². The lowest BCUT2D eigenvalue weighted by Gasteiger charge is -2.33. The minimum Gasteiger partial charge on any atom is -0.494 e. The van der Waals surface area contributed by atoms with Gasteiger partial charge in [-0.25, -0.2) is 4.79 Å². The van der Waals surface area contributed by atoms with E-state index in [1.54, 1.807) is 4.90 Å². The first-order chi connectivity index (χ1) is 14.5. The molecule has 30 heavy (non-hydrogen) atoms. The number of carbonyl (C=O) groups is 2. The zero-order chi connectivity index (χ0) is 21.3. The van der Waals surface area contributed by atoms with Gasteiger partial charge in [0.15, 0.2) is 0 Å². The van der Waals surface area contributed by atoms with Crippen LogP contribution < -0.4 is 9.64 Å². The summed E-state index contributed by atoms with van der Waals surface area (Å²) in [5.74, 6) is 0.995. The number of hydrogen-bond acceptors (Lipinski definition) is 5. The number of benzene rings is 1. The third-order valence-corrected chi connectivity index (χ3v) is 5.50. The van der Waals surface area contributed by atoms with Gasteiger partial charge < -0.3 is 19.3 Å². The quantitative estimate of drug-likeness (QED) is 0.607. The lowest BCUT2D eigenvalue weighted by molar-refractivity contribution is -0.120. The molecule has 2 amide bonds. The van der Waals surface area contributed by atoms with E-state index in [1.165, 1.54) is 37.3 Å². The average Bonchev–Trinajstić information content (AvgIpc) is 2.76.